The van der Waals surface area contributed by atoms with Crippen molar-refractivity contribution in [1.29, 1.82) is 0 Å². The summed E-state index contributed by atoms with van der Waals surface area (Å²) in [6.45, 7) is 1.76. The van der Waals surface area contributed by atoms with Gasteiger partial charge in [-0.25, -0.2) is 18.4 Å². The Hall–Kier alpha value is -2.03. The van der Waals surface area contributed by atoms with Crippen LogP contribution in [0.5, 0.6) is 0 Å². The number of hydrogen-bond donors (Lipinski definition) is 1. The number of nitrogens with one attached hydrogen (secondary N) is 1. The first-order chi connectivity index (χ1) is 10.9. The number of rotatable bonds is 4. The van der Waals surface area contributed by atoms with E-state index in [1.54, 1.807) is 25.1 Å². The van der Waals surface area contributed by atoms with Crippen LogP contribution >= 0.6 is 23.1 Å². The van der Waals surface area contributed by atoms with Crippen molar-refractivity contribution in [2.45, 2.75) is 16.7 Å². The summed E-state index contributed by atoms with van der Waals surface area (Å²) in [5.74, 6) is 0.916. The third-order valence-electron chi connectivity index (χ3n) is 2.89. The van der Waals surface area contributed by atoms with Crippen molar-refractivity contribution in [1.82, 2.24) is 14.3 Å². The number of halogens is 1. The van der Waals surface area contributed by atoms with Gasteiger partial charge in [0.05, 0.1) is 9.79 Å². The summed E-state index contributed by atoms with van der Waals surface area (Å²) >= 11 is 7.12. The third kappa shape index (κ3) is 3.49. The first kappa shape index (κ1) is 15.9. The van der Waals surface area contributed by atoms with Gasteiger partial charge in [-0.3, -0.25) is 0 Å². The lowest BCUT2D eigenvalue weighted by Gasteiger charge is -2.08. The minimum atomic E-state index is -3.67. The zero-order valence-corrected chi connectivity index (χ0v) is 14.3. The van der Waals surface area contributed by atoms with Crippen molar-refractivity contribution in [2.24, 2.45) is 0 Å². The quantitative estimate of drug-likeness (QED) is 0.711. The van der Waals surface area contributed by atoms with Gasteiger partial charge >= 0.3 is 0 Å². The van der Waals surface area contributed by atoms with E-state index in [0.717, 1.165) is 11.5 Å². The largest absolute Gasteiger partial charge is 0.315 e. The van der Waals surface area contributed by atoms with Crippen LogP contribution in [0, 0.1) is 6.92 Å². The fraction of sp³-hybridized carbons (Fsp3) is 0.0714. The molecule has 0 saturated heterocycles. The van der Waals surface area contributed by atoms with Crippen molar-refractivity contribution < 1.29 is 8.42 Å². The molecule has 0 radical (unpaired) electrons. The number of nitrogens with zero attached hydrogens (tertiary/aromatic N) is 3. The summed E-state index contributed by atoms with van der Waals surface area (Å²) in [6.07, 6.45) is 0. The van der Waals surface area contributed by atoms with E-state index in [0.29, 0.717) is 16.8 Å². The maximum atomic E-state index is 12.7. The van der Waals surface area contributed by atoms with Gasteiger partial charge in [0.2, 0.25) is 15.0 Å². The van der Waals surface area contributed by atoms with E-state index in [1.807, 2.05) is 0 Å². The lowest BCUT2D eigenvalue weighted by molar-refractivity contribution is 0.596. The van der Waals surface area contributed by atoms with Crippen molar-refractivity contribution in [3.8, 4) is 0 Å². The van der Waals surface area contributed by atoms with Gasteiger partial charge in [0.15, 0.2) is 0 Å². The second-order valence-corrected chi connectivity index (χ2v) is 7.69. The summed E-state index contributed by atoms with van der Waals surface area (Å²) in [5, 5.41) is 3.50. The molecule has 0 saturated carbocycles. The smallest absolute Gasteiger partial charge is 0.208 e. The maximum Gasteiger partial charge on any atom is 0.208 e. The normalized spacial score (nSPS) is 11.4. The molecule has 3 rings (SSSR count). The van der Waals surface area contributed by atoms with Crippen molar-refractivity contribution >= 4 is 43.9 Å². The zero-order chi connectivity index (χ0) is 16.4. The van der Waals surface area contributed by atoms with E-state index in [1.165, 1.54) is 24.3 Å². The zero-order valence-electron chi connectivity index (χ0n) is 11.9. The average molecular weight is 367 g/mol. The molecule has 23 heavy (non-hydrogen) atoms. The second-order valence-electron chi connectivity index (χ2n) is 4.60. The van der Waals surface area contributed by atoms with Gasteiger partial charge in [-0.05, 0) is 25.1 Å². The van der Waals surface area contributed by atoms with E-state index in [2.05, 4.69) is 19.7 Å². The Morgan fingerprint density at radius 1 is 1.09 bits per heavy atom. The molecule has 0 fully saturated rings. The molecule has 0 aliphatic heterocycles. The van der Waals surface area contributed by atoms with E-state index in [4.69, 9.17) is 11.6 Å². The predicted molar refractivity (Wildman–Crippen MR) is 89.1 cm³/mol. The number of aryl methyl sites for hydroxylation is 1. The van der Waals surface area contributed by atoms with E-state index in [-0.39, 0.29) is 14.9 Å². The molecule has 9 heteroatoms. The third-order valence-corrected chi connectivity index (χ3v) is 5.56. The van der Waals surface area contributed by atoms with Crippen molar-refractivity contribution in [3.63, 3.8) is 0 Å². The SMILES string of the molecule is Cc1nsc(Nc2cc(S(=O)(=O)c3ccccc3)cc(Cl)n2)n1. The number of anilines is 2. The first-order valence-electron chi connectivity index (χ1n) is 6.50. The summed E-state index contributed by atoms with van der Waals surface area (Å²) in [7, 11) is -3.67. The monoisotopic (exact) mass is 366 g/mol. The summed E-state index contributed by atoms with van der Waals surface area (Å²) < 4.78 is 29.4. The molecule has 0 atom stereocenters. The lowest BCUT2D eigenvalue weighted by Crippen LogP contribution is -2.04. The van der Waals surface area contributed by atoms with Crippen molar-refractivity contribution in [2.75, 3.05) is 5.32 Å². The van der Waals surface area contributed by atoms with Crippen molar-refractivity contribution in [3.05, 3.63) is 53.4 Å². The van der Waals surface area contributed by atoms with Crippen LogP contribution in [0.3, 0.4) is 0 Å². The molecule has 0 aliphatic carbocycles. The lowest BCUT2D eigenvalue weighted by atomic mass is 10.4. The van der Waals surface area contributed by atoms with E-state index in [9.17, 15) is 8.42 Å². The van der Waals surface area contributed by atoms with Gasteiger partial charge in [0.1, 0.15) is 16.8 Å². The second kappa shape index (κ2) is 6.23. The molecule has 0 amide bonds. The van der Waals surface area contributed by atoms with Crippen LogP contribution in [0.1, 0.15) is 5.82 Å². The Labute approximate surface area is 142 Å². The fourth-order valence-corrected chi connectivity index (χ4v) is 4.06. The molecule has 0 spiro atoms. The summed E-state index contributed by atoms with van der Waals surface area (Å²) in [5.41, 5.74) is 0. The molecule has 0 aliphatic rings. The topological polar surface area (TPSA) is 84.8 Å². The van der Waals surface area contributed by atoms with Crippen LogP contribution in [0.2, 0.25) is 5.15 Å². The van der Waals surface area contributed by atoms with Gasteiger partial charge in [-0.15, -0.1) is 0 Å². The molecule has 0 unspecified atom stereocenters. The molecule has 6 nitrogen and oxygen atoms in total. The van der Waals surface area contributed by atoms with Gasteiger partial charge in [0, 0.05) is 17.6 Å². The summed E-state index contributed by atoms with van der Waals surface area (Å²) in [4.78, 5) is 8.48. The van der Waals surface area contributed by atoms with Crippen LogP contribution in [0.4, 0.5) is 10.9 Å². The number of pyridine rings is 1. The molecular formula is C14H11ClN4O2S2. The minimum Gasteiger partial charge on any atom is -0.315 e. The Morgan fingerprint density at radius 2 is 1.83 bits per heavy atom. The molecule has 2 aromatic heterocycles. The highest BCUT2D eigenvalue weighted by Gasteiger charge is 2.19. The van der Waals surface area contributed by atoms with E-state index >= 15 is 0 Å². The highest BCUT2D eigenvalue weighted by molar-refractivity contribution is 7.91. The highest BCUT2D eigenvalue weighted by atomic mass is 35.5. The molecule has 1 aromatic carbocycles. The van der Waals surface area contributed by atoms with Gasteiger partial charge in [-0.1, -0.05) is 29.8 Å². The number of hydrogen-bond acceptors (Lipinski definition) is 7. The Kier molecular flexibility index (Phi) is 4.29. The Morgan fingerprint density at radius 3 is 2.48 bits per heavy atom. The molecule has 3 aromatic rings. The molecule has 2 heterocycles. The van der Waals surface area contributed by atoms with Crippen LogP contribution in [-0.4, -0.2) is 22.8 Å². The van der Waals surface area contributed by atoms with Crippen LogP contribution in [0.25, 0.3) is 0 Å². The van der Waals surface area contributed by atoms with Crippen LogP contribution < -0.4 is 5.32 Å². The molecule has 0 bridgehead atoms. The van der Waals surface area contributed by atoms with Gasteiger partial charge < -0.3 is 5.32 Å². The number of aromatic nitrogens is 3. The Bertz CT molecular complexity index is 942. The Balaban J connectivity index is 2.01. The van der Waals surface area contributed by atoms with E-state index < -0.39 is 9.84 Å². The average Bonchev–Trinajstić information content (AvgIpc) is 2.92. The van der Waals surface area contributed by atoms with Gasteiger partial charge in [-0.2, -0.15) is 4.37 Å². The number of sulfone groups is 1. The first-order valence-corrected chi connectivity index (χ1v) is 9.14. The molecule has 1 N–H and O–H groups in total. The van der Waals surface area contributed by atoms with Gasteiger partial charge in [0.25, 0.3) is 0 Å². The standard InChI is InChI=1S/C14H11ClN4O2S2/c1-9-16-14(22-19-9)18-13-8-11(7-12(15)17-13)23(20,21)10-5-3-2-4-6-10/h2-8H,1H3,(H,16,17,18,19). The van der Waals surface area contributed by atoms with Crippen LogP contribution in [0.15, 0.2) is 52.3 Å². The maximum absolute atomic E-state index is 12.7. The molecule has 118 valence electrons. The summed E-state index contributed by atoms with van der Waals surface area (Å²) in [6, 6.07) is 10.9. The number of benzene rings is 1. The molecular weight excluding hydrogens is 356 g/mol. The fourth-order valence-electron chi connectivity index (χ4n) is 1.89. The highest BCUT2D eigenvalue weighted by Crippen LogP contribution is 2.26. The predicted octanol–water partition coefficient (Wildman–Crippen LogP) is 3.47. The van der Waals surface area contributed by atoms with Crippen LogP contribution in [-0.2, 0) is 9.84 Å². The minimum absolute atomic E-state index is 0.0624.